The SMILES string of the molecule is CCCCCCCCCCCCCCCCOP(=O)(O)OCCNC(=O)[C@@H](CCC(N)=O)N(CC(C)O[C@H]1[C@H](O)[C@@H](CO)O[C@H](O)[C@@H]1NC(C)=O)C(=O)[C@@H](N)CCCCN. The van der Waals surface area contributed by atoms with Gasteiger partial charge in [-0.1, -0.05) is 96.8 Å². The zero-order valence-corrected chi connectivity index (χ0v) is 37.3. The molecule has 0 aromatic carbocycles. The van der Waals surface area contributed by atoms with Gasteiger partial charge in [0.05, 0.1) is 32.0 Å². The molecule has 9 atom stereocenters. The predicted octanol–water partition coefficient (Wildman–Crippen LogP) is 1.99. The number of hydrogen-bond acceptors (Lipinski definition) is 14. The molecule has 1 aliphatic heterocycles. The molecule has 1 saturated heterocycles. The smallest absolute Gasteiger partial charge is 0.394 e. The van der Waals surface area contributed by atoms with Crippen LogP contribution in [-0.4, -0.2) is 137 Å². The van der Waals surface area contributed by atoms with Crippen LogP contribution in [0.1, 0.15) is 143 Å². The number of unbranched alkanes of at least 4 members (excludes halogenated alkanes) is 14. The molecule has 1 aliphatic rings. The number of nitrogens with one attached hydrogen (secondary N) is 2. The summed E-state index contributed by atoms with van der Waals surface area (Å²) in [6, 6.07) is -3.70. The van der Waals surface area contributed by atoms with Crippen LogP contribution in [0.15, 0.2) is 0 Å². The Bertz CT molecular complexity index is 1260. The van der Waals surface area contributed by atoms with Gasteiger partial charge in [0.1, 0.15) is 30.4 Å². The van der Waals surface area contributed by atoms with Crippen molar-refractivity contribution in [3.05, 3.63) is 0 Å². The van der Waals surface area contributed by atoms with Gasteiger partial charge in [0.2, 0.25) is 23.6 Å². The van der Waals surface area contributed by atoms with Gasteiger partial charge in [-0.05, 0) is 39.2 Å². The maximum atomic E-state index is 13.9. The molecular formula is C40H79N6O13P. The van der Waals surface area contributed by atoms with Crippen LogP contribution in [0.5, 0.6) is 0 Å². The van der Waals surface area contributed by atoms with Crippen LogP contribution < -0.4 is 27.8 Å². The highest BCUT2D eigenvalue weighted by Crippen LogP contribution is 2.43. The second-order valence-electron chi connectivity index (χ2n) is 15.8. The van der Waals surface area contributed by atoms with Crippen molar-refractivity contribution in [2.75, 3.05) is 39.5 Å². The fourth-order valence-corrected chi connectivity index (χ4v) is 7.87. The lowest BCUT2D eigenvalue weighted by Gasteiger charge is -2.44. The molecule has 19 nitrogen and oxygen atoms in total. The van der Waals surface area contributed by atoms with Gasteiger partial charge in [0.15, 0.2) is 6.29 Å². The standard InChI is InChI=1S/C40H79N6O13P/c1-4-5-6-7-8-9-10-11-12-13-14-15-16-19-25-56-60(54,55)57-26-24-44-38(51)32(21-22-34(43)49)46(39(52)31(42)20-17-18-23-41)27-29(2)58-37-35(45-30(3)48)40(53)59-33(28-47)36(37)50/h29,31-33,35-37,40,47,50,53H,4-28,41-42H2,1-3H3,(H2,43,49)(H,44,51)(H,45,48)(H,54,55)/t29?,31-,32+,33+,35+,36+,37+,40-/m0/s1. The Balaban J connectivity index is 2.83. The van der Waals surface area contributed by atoms with Crippen LogP contribution in [0, 0.1) is 0 Å². The van der Waals surface area contributed by atoms with Crippen molar-refractivity contribution in [2.24, 2.45) is 17.2 Å². The number of nitrogens with zero attached hydrogens (tertiary/aromatic N) is 1. The van der Waals surface area contributed by atoms with Crippen LogP contribution in [0.2, 0.25) is 0 Å². The monoisotopic (exact) mass is 883 g/mol. The van der Waals surface area contributed by atoms with Crippen molar-refractivity contribution in [1.29, 1.82) is 0 Å². The molecular weight excluding hydrogens is 803 g/mol. The third kappa shape index (κ3) is 23.8. The number of aliphatic hydroxyl groups is 3. The van der Waals surface area contributed by atoms with Crippen molar-refractivity contribution in [1.82, 2.24) is 15.5 Å². The number of phosphoric ester groups is 1. The van der Waals surface area contributed by atoms with E-state index < -0.39 is 93.5 Å². The summed E-state index contributed by atoms with van der Waals surface area (Å²) >= 11 is 0. The first-order chi connectivity index (χ1) is 28.6. The number of rotatable bonds is 36. The average Bonchev–Trinajstić information content (AvgIpc) is 3.19. The number of phosphoric acid groups is 1. The van der Waals surface area contributed by atoms with Crippen molar-refractivity contribution in [3.63, 3.8) is 0 Å². The molecule has 4 amide bonds. The minimum Gasteiger partial charge on any atom is -0.394 e. The van der Waals surface area contributed by atoms with Gasteiger partial charge in [-0.25, -0.2) is 4.57 Å². The van der Waals surface area contributed by atoms with Gasteiger partial charge in [0, 0.05) is 26.4 Å². The lowest BCUT2D eigenvalue weighted by molar-refractivity contribution is -0.268. The summed E-state index contributed by atoms with van der Waals surface area (Å²) in [7, 11) is -4.43. The molecule has 20 heteroatoms. The molecule has 60 heavy (non-hydrogen) atoms. The minimum atomic E-state index is -4.43. The summed E-state index contributed by atoms with van der Waals surface area (Å²) < 4.78 is 34.0. The number of carbonyl (C=O) groups excluding carboxylic acids is 4. The molecule has 12 N–H and O–H groups in total. The van der Waals surface area contributed by atoms with Gasteiger partial charge in [-0.3, -0.25) is 28.2 Å². The van der Waals surface area contributed by atoms with E-state index in [1.165, 1.54) is 78.1 Å². The van der Waals surface area contributed by atoms with E-state index in [1.54, 1.807) is 0 Å². The third-order valence-corrected chi connectivity index (χ3v) is 11.4. The summed E-state index contributed by atoms with van der Waals surface area (Å²) in [6.45, 7) is 3.65. The minimum absolute atomic E-state index is 0.0340. The molecule has 0 bridgehead atoms. The van der Waals surface area contributed by atoms with E-state index in [1.807, 2.05) is 0 Å². The summed E-state index contributed by atoms with van der Waals surface area (Å²) in [5.41, 5.74) is 17.3. The Hall–Kier alpha value is -2.29. The molecule has 0 aromatic rings. The van der Waals surface area contributed by atoms with Crippen molar-refractivity contribution < 1.29 is 62.5 Å². The van der Waals surface area contributed by atoms with Gasteiger partial charge in [-0.2, -0.15) is 0 Å². The highest BCUT2D eigenvalue weighted by Gasteiger charge is 2.47. The van der Waals surface area contributed by atoms with E-state index in [-0.39, 0.29) is 39.0 Å². The Morgan fingerprint density at radius 3 is 1.97 bits per heavy atom. The largest absolute Gasteiger partial charge is 0.472 e. The Kier molecular flexibility index (Phi) is 30.1. The van der Waals surface area contributed by atoms with Crippen LogP contribution in [0.25, 0.3) is 0 Å². The first-order valence-corrected chi connectivity index (χ1v) is 23.6. The second kappa shape index (κ2) is 32.4. The Morgan fingerprint density at radius 2 is 1.43 bits per heavy atom. The third-order valence-electron chi connectivity index (χ3n) is 10.4. The van der Waals surface area contributed by atoms with E-state index in [4.69, 9.17) is 35.7 Å². The van der Waals surface area contributed by atoms with E-state index in [9.17, 15) is 44.0 Å². The molecule has 0 radical (unpaired) electrons. The first-order valence-electron chi connectivity index (χ1n) is 22.1. The Morgan fingerprint density at radius 1 is 0.867 bits per heavy atom. The maximum absolute atomic E-state index is 13.9. The Labute approximate surface area is 357 Å². The number of aliphatic hydroxyl groups excluding tert-OH is 3. The number of primary amides is 1. The number of carbonyl (C=O) groups is 4. The van der Waals surface area contributed by atoms with Crippen molar-refractivity contribution >= 4 is 31.5 Å². The normalized spacial score (nSPS) is 21.7. The van der Waals surface area contributed by atoms with Crippen molar-refractivity contribution in [2.45, 2.75) is 192 Å². The maximum Gasteiger partial charge on any atom is 0.472 e. The summed E-state index contributed by atoms with van der Waals surface area (Å²) in [6.07, 6.45) is 10.4. The quantitative estimate of drug-likeness (QED) is 0.0321. The molecule has 1 rings (SSSR count). The number of ether oxygens (including phenoxy) is 2. The van der Waals surface area contributed by atoms with Crippen LogP contribution >= 0.6 is 7.82 Å². The fourth-order valence-electron chi connectivity index (χ4n) is 7.11. The molecule has 1 heterocycles. The molecule has 0 aliphatic carbocycles. The van der Waals surface area contributed by atoms with Crippen LogP contribution in [0.4, 0.5) is 0 Å². The van der Waals surface area contributed by atoms with Gasteiger partial charge >= 0.3 is 7.82 Å². The first kappa shape index (κ1) is 55.7. The molecule has 2 unspecified atom stereocenters. The van der Waals surface area contributed by atoms with Gasteiger partial charge < -0.3 is 62.4 Å². The molecule has 1 fully saturated rings. The zero-order valence-electron chi connectivity index (χ0n) is 36.4. The molecule has 352 valence electrons. The lowest BCUT2D eigenvalue weighted by atomic mass is 9.96. The van der Waals surface area contributed by atoms with E-state index in [2.05, 4.69) is 17.6 Å². The van der Waals surface area contributed by atoms with Crippen molar-refractivity contribution in [3.8, 4) is 0 Å². The summed E-state index contributed by atoms with van der Waals surface area (Å²) in [5.74, 6) is -2.73. The zero-order chi connectivity index (χ0) is 44.9. The fraction of sp³-hybridized carbons (Fsp3) is 0.900. The summed E-state index contributed by atoms with van der Waals surface area (Å²) in [5, 5.41) is 36.3. The number of hydrogen-bond donors (Lipinski definition) is 9. The highest BCUT2D eigenvalue weighted by atomic mass is 31.2. The van der Waals surface area contributed by atoms with Crippen LogP contribution in [0.3, 0.4) is 0 Å². The topological polar surface area (TPSA) is 309 Å². The molecule has 0 saturated carbocycles. The average molecular weight is 883 g/mol. The lowest BCUT2D eigenvalue weighted by Crippen LogP contribution is -2.65. The summed E-state index contributed by atoms with van der Waals surface area (Å²) in [4.78, 5) is 62.8. The second-order valence-corrected chi connectivity index (χ2v) is 17.3. The van der Waals surface area contributed by atoms with E-state index >= 15 is 0 Å². The predicted molar refractivity (Wildman–Crippen MR) is 226 cm³/mol. The van der Waals surface area contributed by atoms with E-state index in [0.717, 1.165) is 24.2 Å². The molecule has 0 spiro atoms. The van der Waals surface area contributed by atoms with E-state index in [0.29, 0.717) is 25.8 Å². The van der Waals surface area contributed by atoms with Gasteiger partial charge in [-0.15, -0.1) is 0 Å². The number of nitrogens with two attached hydrogens (primary N) is 3. The van der Waals surface area contributed by atoms with Gasteiger partial charge in [0.25, 0.3) is 0 Å². The van der Waals surface area contributed by atoms with Crippen LogP contribution in [-0.2, 0) is 42.3 Å². The molecule has 0 aromatic heterocycles. The highest BCUT2D eigenvalue weighted by molar-refractivity contribution is 7.47. The number of amides is 4.